The second kappa shape index (κ2) is 17.1. The molecule has 1 fully saturated rings. The van der Waals surface area contributed by atoms with Gasteiger partial charge in [-0.3, -0.25) is 9.59 Å². The zero-order chi connectivity index (χ0) is 33.0. The van der Waals surface area contributed by atoms with Gasteiger partial charge in [0.05, 0.1) is 24.6 Å². The predicted octanol–water partition coefficient (Wildman–Crippen LogP) is 4.58. The van der Waals surface area contributed by atoms with Gasteiger partial charge in [0.25, 0.3) is 0 Å². The Bertz CT molecular complexity index is 1390. The Kier molecular flexibility index (Phi) is 12.4. The Hall–Kier alpha value is -4.18. The van der Waals surface area contributed by atoms with Gasteiger partial charge in [0.2, 0.25) is 11.8 Å². The van der Waals surface area contributed by atoms with Gasteiger partial charge in [-0.1, -0.05) is 98.9 Å². The number of alkyl carbamates (subject to hydrolysis) is 1. The van der Waals surface area contributed by atoms with E-state index in [1.54, 1.807) is 17.1 Å². The molecule has 3 amide bonds. The van der Waals surface area contributed by atoms with Crippen molar-refractivity contribution in [3.63, 3.8) is 0 Å². The fourth-order valence-corrected chi connectivity index (χ4v) is 6.86. The van der Waals surface area contributed by atoms with Crippen molar-refractivity contribution in [2.45, 2.75) is 95.5 Å². The van der Waals surface area contributed by atoms with E-state index < -0.39 is 30.1 Å². The van der Waals surface area contributed by atoms with Crippen molar-refractivity contribution in [1.82, 2.24) is 15.5 Å². The SMILES string of the molecule is O=C(N[C@@H]1CC=CC[C@H](CC(=O)N2Cc3ccccc3C[C@H]2CO)C(=O)N[C@@H](CC2CCCCC2)COC1=O)OCc1ccccc1. The number of carbonyl (C=O) groups is 4. The van der Waals surface area contributed by atoms with Crippen LogP contribution >= 0.6 is 0 Å². The first-order chi connectivity index (χ1) is 22.9. The number of hydrogen-bond acceptors (Lipinski definition) is 7. The number of esters is 1. The summed E-state index contributed by atoms with van der Waals surface area (Å²) in [6.45, 7) is 0.264. The molecule has 0 radical (unpaired) electrons. The predicted molar refractivity (Wildman–Crippen MR) is 176 cm³/mol. The highest BCUT2D eigenvalue weighted by molar-refractivity contribution is 5.86. The van der Waals surface area contributed by atoms with Crippen LogP contribution in [0.15, 0.2) is 66.7 Å². The average Bonchev–Trinajstić information content (AvgIpc) is 3.10. The van der Waals surface area contributed by atoms with Crippen molar-refractivity contribution in [3.05, 3.63) is 83.4 Å². The number of ether oxygens (including phenoxy) is 2. The molecule has 3 aliphatic rings. The highest BCUT2D eigenvalue weighted by Crippen LogP contribution is 2.29. The third kappa shape index (κ3) is 9.91. The van der Waals surface area contributed by atoms with Gasteiger partial charge in [0.15, 0.2) is 0 Å². The van der Waals surface area contributed by atoms with E-state index in [2.05, 4.69) is 10.6 Å². The molecule has 2 aliphatic heterocycles. The number of allylic oxidation sites excluding steroid dienone is 1. The molecule has 0 saturated heterocycles. The first-order valence-electron chi connectivity index (χ1n) is 17.0. The normalized spacial score (nSPS) is 24.1. The molecule has 10 heteroatoms. The fraction of sp³-hybridized carbons (Fsp3) is 0.514. The van der Waals surface area contributed by atoms with E-state index in [0.29, 0.717) is 25.3 Å². The summed E-state index contributed by atoms with van der Waals surface area (Å²) in [7, 11) is 0. The van der Waals surface area contributed by atoms with Crippen molar-refractivity contribution < 1.29 is 33.8 Å². The topological polar surface area (TPSA) is 134 Å². The van der Waals surface area contributed by atoms with E-state index in [4.69, 9.17) is 9.47 Å². The Morgan fingerprint density at radius 3 is 2.45 bits per heavy atom. The quantitative estimate of drug-likeness (QED) is 0.283. The lowest BCUT2D eigenvalue weighted by atomic mass is 9.84. The summed E-state index contributed by atoms with van der Waals surface area (Å²) in [5, 5.41) is 15.9. The lowest BCUT2D eigenvalue weighted by Crippen LogP contribution is -2.49. The Balaban J connectivity index is 1.28. The number of rotatable bonds is 8. The minimum Gasteiger partial charge on any atom is -0.462 e. The summed E-state index contributed by atoms with van der Waals surface area (Å²) >= 11 is 0. The number of nitrogens with one attached hydrogen (secondary N) is 2. The minimum atomic E-state index is -0.973. The minimum absolute atomic E-state index is 0.0156. The number of carbonyl (C=O) groups excluding carboxylic acids is 4. The summed E-state index contributed by atoms with van der Waals surface area (Å²) in [6, 6.07) is 15.4. The smallest absolute Gasteiger partial charge is 0.408 e. The largest absolute Gasteiger partial charge is 0.462 e. The van der Waals surface area contributed by atoms with Crippen molar-refractivity contribution in [2.75, 3.05) is 13.2 Å². The number of nitrogens with zero attached hydrogens (tertiary/aromatic N) is 1. The van der Waals surface area contributed by atoms with Crippen LogP contribution in [-0.2, 0) is 43.4 Å². The molecule has 4 atom stereocenters. The van der Waals surface area contributed by atoms with Gasteiger partial charge >= 0.3 is 12.1 Å². The molecule has 1 saturated carbocycles. The van der Waals surface area contributed by atoms with E-state index in [-0.39, 0.29) is 56.9 Å². The molecule has 47 heavy (non-hydrogen) atoms. The molecule has 3 N–H and O–H groups in total. The molecule has 5 rings (SSSR count). The summed E-state index contributed by atoms with van der Waals surface area (Å²) in [6.07, 6.45) is 9.99. The second-order valence-electron chi connectivity index (χ2n) is 13.0. The Morgan fingerprint density at radius 1 is 0.957 bits per heavy atom. The summed E-state index contributed by atoms with van der Waals surface area (Å²) in [5.41, 5.74) is 2.99. The lowest BCUT2D eigenvalue weighted by Gasteiger charge is -2.37. The van der Waals surface area contributed by atoms with Gasteiger partial charge in [0.1, 0.15) is 19.3 Å². The maximum atomic E-state index is 13.8. The van der Waals surface area contributed by atoms with Crippen LogP contribution in [0.25, 0.3) is 0 Å². The van der Waals surface area contributed by atoms with E-state index in [1.165, 1.54) is 6.42 Å². The average molecular weight is 646 g/mol. The number of hydrogen-bond donors (Lipinski definition) is 3. The van der Waals surface area contributed by atoms with Crippen LogP contribution in [0.5, 0.6) is 0 Å². The first kappa shape index (κ1) is 34.2. The van der Waals surface area contributed by atoms with Crippen LogP contribution in [0.1, 0.15) is 74.5 Å². The third-order valence-electron chi connectivity index (χ3n) is 9.54. The summed E-state index contributed by atoms with van der Waals surface area (Å²) < 4.78 is 11.1. The van der Waals surface area contributed by atoms with Crippen LogP contribution in [0.2, 0.25) is 0 Å². The standard InChI is InChI=1S/C37H47N3O7/c41-23-32-20-28-15-7-8-17-30(28)22-40(32)34(42)21-29-16-9-10-18-33(39-37(45)47-24-27-13-5-2-6-14-27)36(44)46-25-31(38-35(29)43)19-26-11-3-1-4-12-26/h2,5-10,13-15,17,26,29,31-33,41H,1,3-4,11-12,16,18-25H2,(H,38,43)(H,39,45)/t29-,31+,32+,33-/m1/s1. The number of aliphatic hydroxyl groups is 1. The van der Waals surface area contributed by atoms with Crippen LogP contribution in [0.4, 0.5) is 4.79 Å². The Morgan fingerprint density at radius 2 is 1.68 bits per heavy atom. The number of aliphatic hydroxyl groups excluding tert-OH is 1. The molecule has 0 unspecified atom stereocenters. The molecule has 10 nitrogen and oxygen atoms in total. The van der Waals surface area contributed by atoms with Crippen molar-refractivity contribution >= 4 is 23.9 Å². The molecule has 252 valence electrons. The zero-order valence-corrected chi connectivity index (χ0v) is 27.0. The van der Waals surface area contributed by atoms with Crippen LogP contribution < -0.4 is 10.6 Å². The molecular weight excluding hydrogens is 598 g/mol. The Labute approximate surface area is 276 Å². The van der Waals surface area contributed by atoms with Gasteiger partial charge in [-0.2, -0.15) is 0 Å². The van der Waals surface area contributed by atoms with Gasteiger partial charge in [-0.05, 0) is 48.3 Å². The number of amides is 3. The van der Waals surface area contributed by atoms with Crippen molar-refractivity contribution in [3.8, 4) is 0 Å². The lowest BCUT2D eigenvalue weighted by molar-refractivity contribution is -0.147. The van der Waals surface area contributed by atoms with E-state index in [1.807, 2.05) is 54.6 Å². The summed E-state index contributed by atoms with van der Waals surface area (Å²) in [4.78, 5) is 55.0. The van der Waals surface area contributed by atoms with E-state index in [0.717, 1.165) is 42.4 Å². The molecule has 0 bridgehead atoms. The second-order valence-corrected chi connectivity index (χ2v) is 13.0. The van der Waals surface area contributed by atoms with E-state index in [9.17, 15) is 24.3 Å². The number of cyclic esters (lactones) is 1. The maximum absolute atomic E-state index is 13.8. The van der Waals surface area contributed by atoms with Gasteiger partial charge < -0.3 is 30.1 Å². The molecule has 2 heterocycles. The van der Waals surface area contributed by atoms with Crippen molar-refractivity contribution in [2.24, 2.45) is 11.8 Å². The molecule has 0 aromatic heterocycles. The number of fused-ring (bicyclic) bond motifs is 1. The fourth-order valence-electron chi connectivity index (χ4n) is 6.86. The van der Waals surface area contributed by atoms with Crippen molar-refractivity contribution in [1.29, 1.82) is 0 Å². The monoisotopic (exact) mass is 645 g/mol. The van der Waals surface area contributed by atoms with Crippen LogP contribution in [-0.4, -0.2) is 65.2 Å². The van der Waals surface area contributed by atoms with E-state index >= 15 is 0 Å². The molecule has 2 aromatic rings. The third-order valence-corrected chi connectivity index (χ3v) is 9.54. The summed E-state index contributed by atoms with van der Waals surface area (Å²) in [5.74, 6) is -1.28. The first-order valence-corrected chi connectivity index (χ1v) is 17.0. The zero-order valence-electron chi connectivity index (χ0n) is 27.0. The van der Waals surface area contributed by atoms with Gasteiger partial charge in [0, 0.05) is 13.0 Å². The maximum Gasteiger partial charge on any atom is 0.408 e. The van der Waals surface area contributed by atoms with Crippen LogP contribution in [0, 0.1) is 11.8 Å². The number of benzene rings is 2. The van der Waals surface area contributed by atoms with Gasteiger partial charge in [-0.15, -0.1) is 0 Å². The van der Waals surface area contributed by atoms with Gasteiger partial charge in [-0.25, -0.2) is 9.59 Å². The highest BCUT2D eigenvalue weighted by Gasteiger charge is 2.33. The molecule has 1 aliphatic carbocycles. The molecule has 0 spiro atoms. The van der Waals surface area contributed by atoms with Crippen LogP contribution in [0.3, 0.4) is 0 Å². The molecular formula is C37H47N3O7. The molecule has 2 aromatic carbocycles. The highest BCUT2D eigenvalue weighted by atomic mass is 16.6.